The Bertz CT molecular complexity index is 1220. The molecule has 0 atom stereocenters. The molecule has 33 heavy (non-hydrogen) atoms. The van der Waals surface area contributed by atoms with E-state index in [1.807, 2.05) is 6.92 Å². The molecule has 1 N–H and O–H groups in total. The Morgan fingerprint density at radius 1 is 1.15 bits per heavy atom. The third-order valence-electron chi connectivity index (χ3n) is 5.35. The minimum Gasteiger partial charge on any atom is -0.494 e. The Morgan fingerprint density at radius 2 is 1.85 bits per heavy atom. The molecule has 1 aromatic heterocycles. The molecule has 2 heterocycles. The van der Waals surface area contributed by atoms with Crippen LogP contribution in [0.5, 0.6) is 5.75 Å². The predicted molar refractivity (Wildman–Crippen MR) is 117 cm³/mol. The highest BCUT2D eigenvalue weighted by Gasteiger charge is 2.33. The zero-order valence-electron chi connectivity index (χ0n) is 17.9. The lowest BCUT2D eigenvalue weighted by Crippen LogP contribution is -2.41. The Labute approximate surface area is 190 Å². The number of piperidine rings is 1. The number of amides is 1. The van der Waals surface area contributed by atoms with Crippen LogP contribution in [0, 0.1) is 11.7 Å². The molecule has 4 rings (SSSR count). The molecule has 0 saturated carbocycles. The summed E-state index contributed by atoms with van der Waals surface area (Å²) in [6, 6.07) is 12.3. The molecule has 9 nitrogen and oxygen atoms in total. The zero-order chi connectivity index (χ0) is 23.4. The van der Waals surface area contributed by atoms with Crippen LogP contribution in [0.4, 0.5) is 10.4 Å². The Kier molecular flexibility index (Phi) is 6.70. The van der Waals surface area contributed by atoms with Crippen molar-refractivity contribution >= 4 is 21.9 Å². The maximum Gasteiger partial charge on any atom is 0.322 e. The quantitative estimate of drug-likeness (QED) is 0.559. The number of anilines is 1. The van der Waals surface area contributed by atoms with Crippen molar-refractivity contribution in [2.75, 3.05) is 25.0 Å². The first-order valence-corrected chi connectivity index (χ1v) is 11.9. The summed E-state index contributed by atoms with van der Waals surface area (Å²) in [4.78, 5) is 12.3. The summed E-state index contributed by atoms with van der Waals surface area (Å²) in [5, 5.41) is 10.4. The molecule has 1 aliphatic rings. The minimum absolute atomic E-state index is 0.0368. The molecule has 0 radical (unpaired) electrons. The van der Waals surface area contributed by atoms with Gasteiger partial charge in [-0.15, -0.1) is 5.10 Å². The van der Waals surface area contributed by atoms with Crippen molar-refractivity contribution in [1.82, 2.24) is 14.5 Å². The molecule has 1 aliphatic heterocycles. The Morgan fingerprint density at radius 3 is 2.52 bits per heavy atom. The minimum atomic E-state index is -3.96. The first kappa shape index (κ1) is 22.9. The van der Waals surface area contributed by atoms with Crippen LogP contribution in [0.3, 0.4) is 0 Å². The summed E-state index contributed by atoms with van der Waals surface area (Å²) >= 11 is 0. The lowest BCUT2D eigenvalue weighted by atomic mass is 9.97. The van der Waals surface area contributed by atoms with Crippen molar-refractivity contribution in [3.63, 3.8) is 0 Å². The van der Waals surface area contributed by atoms with Gasteiger partial charge in [-0.05, 0) is 56.2 Å². The lowest BCUT2D eigenvalue weighted by molar-refractivity contribution is -0.121. The van der Waals surface area contributed by atoms with Crippen LogP contribution in [-0.4, -0.2) is 48.5 Å². The summed E-state index contributed by atoms with van der Waals surface area (Å²) in [5.74, 6) is -0.591. The summed E-state index contributed by atoms with van der Waals surface area (Å²) in [6.45, 7) is 2.67. The maximum atomic E-state index is 14.0. The van der Waals surface area contributed by atoms with Gasteiger partial charge < -0.3 is 9.15 Å². The second-order valence-electron chi connectivity index (χ2n) is 7.47. The number of carbonyl (C=O) groups is 1. The van der Waals surface area contributed by atoms with E-state index >= 15 is 0 Å². The van der Waals surface area contributed by atoms with E-state index in [1.165, 1.54) is 22.5 Å². The molecular weight excluding hydrogens is 451 g/mol. The van der Waals surface area contributed by atoms with E-state index in [0.717, 1.165) is 11.8 Å². The highest BCUT2D eigenvalue weighted by Crippen LogP contribution is 2.27. The van der Waals surface area contributed by atoms with Crippen LogP contribution in [0.25, 0.3) is 11.5 Å². The van der Waals surface area contributed by atoms with E-state index in [4.69, 9.17) is 9.15 Å². The lowest BCUT2D eigenvalue weighted by Gasteiger charge is -2.30. The Balaban J connectivity index is 1.35. The van der Waals surface area contributed by atoms with E-state index < -0.39 is 21.8 Å². The number of benzene rings is 2. The zero-order valence-corrected chi connectivity index (χ0v) is 18.7. The third-order valence-corrected chi connectivity index (χ3v) is 7.28. The maximum absolute atomic E-state index is 14.0. The summed E-state index contributed by atoms with van der Waals surface area (Å²) in [7, 11) is -3.96. The number of aromatic nitrogens is 2. The van der Waals surface area contributed by atoms with Gasteiger partial charge in [0.2, 0.25) is 21.8 Å². The van der Waals surface area contributed by atoms with E-state index in [0.29, 0.717) is 25.0 Å². The standard InChI is InChI=1S/C22H23FN4O5S/c1-2-31-17-9-7-16(8-10-17)21-25-26-22(32-21)24-20(28)15-11-13-27(14-12-15)33(29,30)19-6-4-3-5-18(19)23/h3-10,15H,2,11-14H2,1H3,(H,24,26,28). The molecule has 0 unspecified atom stereocenters. The van der Waals surface area contributed by atoms with Gasteiger partial charge in [-0.3, -0.25) is 10.1 Å². The number of nitrogens with zero attached hydrogens (tertiary/aromatic N) is 3. The number of hydrogen-bond acceptors (Lipinski definition) is 7. The second kappa shape index (κ2) is 9.67. The highest BCUT2D eigenvalue weighted by atomic mass is 32.2. The van der Waals surface area contributed by atoms with Crippen LogP contribution < -0.4 is 10.1 Å². The monoisotopic (exact) mass is 474 g/mol. The number of sulfonamides is 1. The average molecular weight is 475 g/mol. The van der Waals surface area contributed by atoms with Gasteiger partial charge in [0, 0.05) is 24.6 Å². The van der Waals surface area contributed by atoms with Crippen molar-refractivity contribution in [1.29, 1.82) is 0 Å². The Hall–Kier alpha value is -3.31. The van der Waals surface area contributed by atoms with E-state index in [1.54, 1.807) is 24.3 Å². The molecule has 0 aliphatic carbocycles. The fourth-order valence-electron chi connectivity index (χ4n) is 3.61. The fraction of sp³-hybridized carbons (Fsp3) is 0.318. The second-order valence-corrected chi connectivity index (χ2v) is 9.37. The smallest absolute Gasteiger partial charge is 0.322 e. The van der Waals surface area contributed by atoms with Crippen LogP contribution >= 0.6 is 0 Å². The predicted octanol–water partition coefficient (Wildman–Crippen LogP) is 3.31. The van der Waals surface area contributed by atoms with E-state index in [-0.39, 0.29) is 35.8 Å². The number of ether oxygens (including phenoxy) is 1. The van der Waals surface area contributed by atoms with Crippen molar-refractivity contribution in [2.24, 2.45) is 5.92 Å². The molecule has 1 amide bonds. The number of rotatable bonds is 7. The first-order chi connectivity index (χ1) is 15.9. The first-order valence-electron chi connectivity index (χ1n) is 10.5. The van der Waals surface area contributed by atoms with Crippen LogP contribution in [-0.2, 0) is 14.8 Å². The van der Waals surface area contributed by atoms with Gasteiger partial charge in [-0.1, -0.05) is 17.2 Å². The van der Waals surface area contributed by atoms with Crippen LogP contribution in [0.15, 0.2) is 57.8 Å². The molecule has 0 bridgehead atoms. The highest BCUT2D eigenvalue weighted by molar-refractivity contribution is 7.89. The van der Waals surface area contributed by atoms with Gasteiger partial charge in [0.15, 0.2) is 0 Å². The summed E-state index contributed by atoms with van der Waals surface area (Å²) in [5.41, 5.74) is 0.679. The number of carbonyl (C=O) groups excluding carboxylic acids is 1. The SMILES string of the molecule is CCOc1ccc(-c2nnc(NC(=O)C3CCN(S(=O)(=O)c4ccccc4F)CC3)o2)cc1. The third kappa shape index (κ3) is 5.04. The summed E-state index contributed by atoms with van der Waals surface area (Å²) < 4.78 is 51.5. The number of nitrogens with one attached hydrogen (secondary N) is 1. The molecule has 174 valence electrons. The molecule has 1 saturated heterocycles. The largest absolute Gasteiger partial charge is 0.494 e. The van der Waals surface area contributed by atoms with Gasteiger partial charge in [0.05, 0.1) is 6.61 Å². The van der Waals surface area contributed by atoms with Gasteiger partial charge >= 0.3 is 6.01 Å². The van der Waals surface area contributed by atoms with Gasteiger partial charge in [0.25, 0.3) is 0 Å². The van der Waals surface area contributed by atoms with E-state index in [2.05, 4.69) is 15.5 Å². The van der Waals surface area contributed by atoms with Gasteiger partial charge in [0.1, 0.15) is 16.5 Å². The van der Waals surface area contributed by atoms with Gasteiger partial charge in [-0.25, -0.2) is 12.8 Å². The van der Waals surface area contributed by atoms with Crippen molar-refractivity contribution < 1.29 is 26.8 Å². The van der Waals surface area contributed by atoms with E-state index in [9.17, 15) is 17.6 Å². The molecule has 2 aromatic carbocycles. The van der Waals surface area contributed by atoms with Crippen LogP contribution in [0.2, 0.25) is 0 Å². The number of hydrogen-bond donors (Lipinski definition) is 1. The van der Waals surface area contributed by atoms with Gasteiger partial charge in [-0.2, -0.15) is 4.31 Å². The normalized spacial score (nSPS) is 15.3. The summed E-state index contributed by atoms with van der Waals surface area (Å²) in [6.07, 6.45) is 0.582. The molecule has 11 heteroatoms. The van der Waals surface area contributed by atoms with Crippen molar-refractivity contribution in [3.05, 3.63) is 54.3 Å². The number of halogens is 1. The van der Waals surface area contributed by atoms with Crippen molar-refractivity contribution in [3.8, 4) is 17.2 Å². The molecular formula is C22H23FN4O5S. The van der Waals surface area contributed by atoms with Crippen molar-refractivity contribution in [2.45, 2.75) is 24.7 Å². The fourth-order valence-corrected chi connectivity index (χ4v) is 5.14. The average Bonchev–Trinajstić information content (AvgIpc) is 3.28. The molecule has 1 fully saturated rings. The topological polar surface area (TPSA) is 115 Å². The molecule has 3 aromatic rings. The van der Waals surface area contributed by atoms with Crippen LogP contribution in [0.1, 0.15) is 19.8 Å². The molecule has 0 spiro atoms.